The van der Waals surface area contributed by atoms with Gasteiger partial charge in [-0.05, 0) is 65.9 Å². The van der Waals surface area contributed by atoms with Crippen LogP contribution >= 0.6 is 18.7 Å². The molecule has 0 aliphatic carbocycles. The second-order valence-corrected chi connectivity index (χ2v) is 10.9. The minimum absolute atomic E-state index is 0.257. The number of nitrogens with two attached hydrogens (primary N) is 1. The Labute approximate surface area is 197 Å². The smallest absolute Gasteiger partial charge is 0.255 e. The number of nitrogen functional groups attached to an aromatic ring is 1. The highest BCUT2D eigenvalue weighted by atomic mass is 32.1. The Morgan fingerprint density at radius 2 is 1.76 bits per heavy atom. The molecule has 0 fully saturated rings. The molecule has 7 heteroatoms. The Kier molecular flexibility index (Phi) is 7.09. The first-order valence-electron chi connectivity index (χ1n) is 10.6. The van der Waals surface area contributed by atoms with Crippen molar-refractivity contribution in [1.29, 1.82) is 0 Å². The summed E-state index contributed by atoms with van der Waals surface area (Å²) in [5.41, 5.74) is 9.49. The van der Waals surface area contributed by atoms with Crippen LogP contribution in [0.3, 0.4) is 0 Å². The Balaban J connectivity index is 1.50. The molecule has 0 bridgehead atoms. The van der Waals surface area contributed by atoms with E-state index < -0.39 is 7.37 Å². The Morgan fingerprint density at radius 3 is 2.42 bits per heavy atom. The summed E-state index contributed by atoms with van der Waals surface area (Å²) < 4.78 is 19.2. The van der Waals surface area contributed by atoms with E-state index in [2.05, 4.69) is 5.32 Å². The molecule has 168 valence electrons. The van der Waals surface area contributed by atoms with Crippen LogP contribution in [0.5, 0.6) is 0 Å². The number of benzene rings is 3. The van der Waals surface area contributed by atoms with Crippen molar-refractivity contribution in [1.82, 2.24) is 0 Å². The predicted molar refractivity (Wildman–Crippen MR) is 138 cm³/mol. The number of carbonyl (C=O) groups excluding carboxylic acids is 1. The largest absolute Gasteiger partial charge is 0.397 e. The van der Waals surface area contributed by atoms with Crippen molar-refractivity contribution in [2.75, 3.05) is 17.7 Å². The van der Waals surface area contributed by atoms with Crippen molar-refractivity contribution < 1.29 is 13.9 Å². The van der Waals surface area contributed by atoms with E-state index in [9.17, 15) is 9.36 Å². The van der Waals surface area contributed by atoms with Gasteiger partial charge in [-0.1, -0.05) is 42.5 Å². The number of anilines is 2. The zero-order valence-electron chi connectivity index (χ0n) is 18.2. The Morgan fingerprint density at radius 1 is 1.00 bits per heavy atom. The van der Waals surface area contributed by atoms with Gasteiger partial charge in [0.25, 0.3) is 5.91 Å². The van der Waals surface area contributed by atoms with Crippen LogP contribution in [-0.2, 0) is 15.3 Å². The molecule has 0 spiro atoms. The van der Waals surface area contributed by atoms with Gasteiger partial charge in [0.15, 0.2) is 0 Å². The molecule has 3 aromatic carbocycles. The van der Waals surface area contributed by atoms with E-state index in [0.717, 1.165) is 16.0 Å². The SMILES string of the molecule is CCOP(=O)(Cc1ccc(C(=O)Nc2cc(-c3cccs3)ccc2N)cc1)c1ccccc1. The lowest BCUT2D eigenvalue weighted by Crippen LogP contribution is -2.13. The van der Waals surface area contributed by atoms with Gasteiger partial charge >= 0.3 is 0 Å². The number of carbonyl (C=O) groups is 1. The van der Waals surface area contributed by atoms with Crippen LogP contribution in [-0.4, -0.2) is 12.5 Å². The molecule has 0 saturated carbocycles. The second-order valence-electron chi connectivity index (χ2n) is 7.52. The fourth-order valence-electron chi connectivity index (χ4n) is 3.53. The average molecular weight is 477 g/mol. The van der Waals surface area contributed by atoms with Gasteiger partial charge in [0.05, 0.1) is 24.1 Å². The number of hydrogen-bond donors (Lipinski definition) is 2. The van der Waals surface area contributed by atoms with Gasteiger partial charge < -0.3 is 15.6 Å². The molecule has 3 N–H and O–H groups in total. The molecule has 1 atom stereocenters. The molecule has 1 amide bonds. The normalized spacial score (nSPS) is 12.8. The van der Waals surface area contributed by atoms with Gasteiger partial charge in [-0.3, -0.25) is 9.36 Å². The summed E-state index contributed by atoms with van der Waals surface area (Å²) in [6, 6.07) is 26.0. The van der Waals surface area contributed by atoms with Gasteiger partial charge in [0.2, 0.25) is 7.37 Å². The first-order valence-corrected chi connectivity index (χ1v) is 13.3. The minimum atomic E-state index is -3.04. The lowest BCUT2D eigenvalue weighted by molar-refractivity contribution is 0.102. The second kappa shape index (κ2) is 10.2. The highest BCUT2D eigenvalue weighted by Gasteiger charge is 2.25. The van der Waals surface area contributed by atoms with Crippen molar-refractivity contribution in [3.05, 3.63) is 101 Å². The van der Waals surface area contributed by atoms with Crippen LogP contribution < -0.4 is 16.4 Å². The first kappa shape index (κ1) is 23.0. The fraction of sp³-hybridized carbons (Fsp3) is 0.115. The van der Waals surface area contributed by atoms with Crippen molar-refractivity contribution in [2.45, 2.75) is 13.1 Å². The molecule has 0 saturated heterocycles. The maximum atomic E-state index is 13.5. The summed E-state index contributed by atoms with van der Waals surface area (Å²) in [5, 5.41) is 5.60. The summed E-state index contributed by atoms with van der Waals surface area (Å²) in [6.45, 7) is 2.20. The van der Waals surface area contributed by atoms with E-state index in [1.807, 2.05) is 79.0 Å². The minimum Gasteiger partial charge on any atom is -0.397 e. The zero-order valence-corrected chi connectivity index (χ0v) is 19.9. The van der Waals surface area contributed by atoms with Crippen molar-refractivity contribution in [3.63, 3.8) is 0 Å². The number of nitrogens with one attached hydrogen (secondary N) is 1. The van der Waals surface area contributed by atoms with Gasteiger partial charge in [0, 0.05) is 15.7 Å². The first-order chi connectivity index (χ1) is 16.0. The van der Waals surface area contributed by atoms with E-state index in [1.165, 1.54) is 0 Å². The maximum Gasteiger partial charge on any atom is 0.255 e. The maximum absolute atomic E-state index is 13.5. The monoisotopic (exact) mass is 476 g/mol. The average Bonchev–Trinajstić information content (AvgIpc) is 3.37. The fourth-order valence-corrected chi connectivity index (χ4v) is 6.41. The molecule has 0 radical (unpaired) electrons. The summed E-state index contributed by atoms with van der Waals surface area (Å²) in [6.07, 6.45) is 0.266. The molecular weight excluding hydrogens is 451 g/mol. The number of thiophene rings is 1. The summed E-state index contributed by atoms with van der Waals surface area (Å²) in [4.78, 5) is 13.9. The van der Waals surface area contributed by atoms with Gasteiger partial charge in [-0.25, -0.2) is 0 Å². The Bertz CT molecular complexity index is 1270. The number of hydrogen-bond acceptors (Lipinski definition) is 5. The lowest BCUT2D eigenvalue weighted by atomic mass is 10.1. The zero-order chi connectivity index (χ0) is 23.3. The van der Waals surface area contributed by atoms with E-state index in [0.29, 0.717) is 28.8 Å². The predicted octanol–water partition coefficient (Wildman–Crippen LogP) is 6.39. The van der Waals surface area contributed by atoms with Crippen LogP contribution in [0.1, 0.15) is 22.8 Å². The van der Waals surface area contributed by atoms with Crippen molar-refractivity contribution >= 4 is 41.3 Å². The molecule has 4 aromatic rings. The summed E-state index contributed by atoms with van der Waals surface area (Å²) >= 11 is 1.63. The molecule has 0 aliphatic heterocycles. The van der Waals surface area contributed by atoms with Crippen LogP contribution in [0.25, 0.3) is 10.4 Å². The van der Waals surface area contributed by atoms with E-state index in [4.69, 9.17) is 10.3 Å². The van der Waals surface area contributed by atoms with Crippen molar-refractivity contribution in [2.24, 2.45) is 0 Å². The standard InChI is InChI=1S/C26H25N2O3PS/c1-2-31-32(30,22-7-4-3-5-8-22)18-19-10-12-20(13-11-19)26(29)28-24-17-21(14-15-23(24)27)25-9-6-16-33-25/h3-17H,2,18,27H2,1H3,(H,28,29). The molecule has 1 aromatic heterocycles. The van der Waals surface area contributed by atoms with Crippen LogP contribution in [0.4, 0.5) is 11.4 Å². The van der Waals surface area contributed by atoms with E-state index in [-0.39, 0.29) is 12.1 Å². The van der Waals surface area contributed by atoms with Crippen molar-refractivity contribution in [3.8, 4) is 10.4 Å². The van der Waals surface area contributed by atoms with E-state index >= 15 is 0 Å². The summed E-state index contributed by atoms with van der Waals surface area (Å²) in [7, 11) is -3.04. The van der Waals surface area contributed by atoms with Crippen LogP contribution in [0, 0.1) is 0 Å². The molecule has 33 heavy (non-hydrogen) atoms. The molecule has 4 rings (SSSR count). The third-order valence-electron chi connectivity index (χ3n) is 5.20. The number of amides is 1. The molecule has 1 unspecified atom stereocenters. The van der Waals surface area contributed by atoms with Crippen LogP contribution in [0.15, 0.2) is 90.3 Å². The summed E-state index contributed by atoms with van der Waals surface area (Å²) in [5.74, 6) is -0.257. The highest BCUT2D eigenvalue weighted by Crippen LogP contribution is 2.49. The highest BCUT2D eigenvalue weighted by molar-refractivity contribution is 7.66. The van der Waals surface area contributed by atoms with Gasteiger partial charge in [0.1, 0.15) is 0 Å². The molecule has 1 heterocycles. The lowest BCUT2D eigenvalue weighted by Gasteiger charge is -2.18. The molecule has 5 nitrogen and oxygen atoms in total. The molecule has 0 aliphatic rings. The van der Waals surface area contributed by atoms with Gasteiger partial charge in [-0.2, -0.15) is 0 Å². The quantitative estimate of drug-likeness (QED) is 0.228. The third kappa shape index (κ3) is 5.42. The topological polar surface area (TPSA) is 81.4 Å². The molecular formula is C26H25N2O3PS. The van der Waals surface area contributed by atoms with Gasteiger partial charge in [-0.15, -0.1) is 11.3 Å². The third-order valence-corrected chi connectivity index (χ3v) is 8.66. The van der Waals surface area contributed by atoms with E-state index in [1.54, 1.807) is 29.5 Å². The Hall–Kier alpha value is -3.18. The number of rotatable bonds is 8. The van der Waals surface area contributed by atoms with Crippen LogP contribution in [0.2, 0.25) is 0 Å².